The number of halogens is 1. The number of hydrogen-bond donors (Lipinski definition) is 2. The Morgan fingerprint density at radius 2 is 2.29 bits per heavy atom. The predicted molar refractivity (Wildman–Crippen MR) is 72.7 cm³/mol. The second kappa shape index (κ2) is 5.61. The van der Waals surface area contributed by atoms with Crippen molar-refractivity contribution in [3.8, 4) is 0 Å². The Bertz CT molecular complexity index is 501. The molecule has 0 spiro atoms. The molecule has 3 N–H and O–H groups in total. The van der Waals surface area contributed by atoms with E-state index in [0.29, 0.717) is 11.4 Å². The zero-order valence-electron chi connectivity index (χ0n) is 9.05. The van der Waals surface area contributed by atoms with Gasteiger partial charge in [0.1, 0.15) is 11.1 Å². The molecule has 0 saturated carbocycles. The van der Waals surface area contributed by atoms with Crippen molar-refractivity contribution in [2.75, 3.05) is 4.72 Å². The second-order valence-corrected chi connectivity index (χ2v) is 6.08. The van der Waals surface area contributed by atoms with Gasteiger partial charge in [0.25, 0.3) is 0 Å². The highest BCUT2D eigenvalue weighted by molar-refractivity contribution is 7.95. The molecule has 1 rings (SSSR count). The molecule has 1 atom stereocenters. The summed E-state index contributed by atoms with van der Waals surface area (Å²) in [4.78, 5) is 3.77. The van der Waals surface area contributed by atoms with Gasteiger partial charge in [-0.3, -0.25) is 4.72 Å². The maximum Gasteiger partial charge on any atom is 0.243 e. The number of pyridine rings is 1. The first-order chi connectivity index (χ1) is 7.86. The van der Waals surface area contributed by atoms with E-state index in [-0.39, 0.29) is 10.8 Å². The molecule has 0 bridgehead atoms. The summed E-state index contributed by atoms with van der Waals surface area (Å²) in [6, 6.07) is 3.00. The number of hydrogen-bond acceptors (Lipinski definition) is 4. The number of nitrogens with two attached hydrogens (primary N) is 1. The summed E-state index contributed by atoms with van der Waals surface area (Å²) in [6.07, 6.45) is 1.65. The SMILES string of the molecule is CCC(C(N)=S)S(=O)(=O)Nc1ccc(Cl)cn1. The van der Waals surface area contributed by atoms with Gasteiger partial charge in [-0.25, -0.2) is 13.4 Å². The quantitative estimate of drug-likeness (QED) is 0.805. The van der Waals surface area contributed by atoms with Crippen LogP contribution in [0.5, 0.6) is 0 Å². The molecule has 0 saturated heterocycles. The molecule has 0 fully saturated rings. The lowest BCUT2D eigenvalue weighted by Gasteiger charge is -2.15. The summed E-state index contributed by atoms with van der Waals surface area (Å²) in [5.41, 5.74) is 5.38. The maximum absolute atomic E-state index is 11.9. The summed E-state index contributed by atoms with van der Waals surface area (Å²) in [5, 5.41) is -0.482. The van der Waals surface area contributed by atoms with Gasteiger partial charge in [-0.1, -0.05) is 30.7 Å². The first kappa shape index (κ1) is 14.1. The van der Waals surface area contributed by atoms with Gasteiger partial charge >= 0.3 is 0 Å². The molecule has 0 amide bonds. The van der Waals surface area contributed by atoms with E-state index >= 15 is 0 Å². The monoisotopic (exact) mass is 293 g/mol. The van der Waals surface area contributed by atoms with Crippen molar-refractivity contribution in [3.63, 3.8) is 0 Å². The fourth-order valence-electron chi connectivity index (χ4n) is 1.23. The van der Waals surface area contributed by atoms with Crippen molar-refractivity contribution in [2.45, 2.75) is 18.6 Å². The van der Waals surface area contributed by atoms with Gasteiger partial charge in [-0.05, 0) is 18.6 Å². The number of anilines is 1. The van der Waals surface area contributed by atoms with Gasteiger partial charge in [0.05, 0.1) is 10.0 Å². The smallest absolute Gasteiger partial charge is 0.243 e. The Kier molecular flexibility index (Phi) is 4.67. The lowest BCUT2D eigenvalue weighted by atomic mass is 10.3. The van der Waals surface area contributed by atoms with E-state index in [0.717, 1.165) is 0 Å². The van der Waals surface area contributed by atoms with Crippen LogP contribution in [0.15, 0.2) is 18.3 Å². The summed E-state index contributed by atoms with van der Waals surface area (Å²) >= 11 is 10.4. The van der Waals surface area contributed by atoms with E-state index in [1.165, 1.54) is 18.3 Å². The summed E-state index contributed by atoms with van der Waals surface area (Å²) in [6.45, 7) is 1.69. The van der Waals surface area contributed by atoms with Crippen molar-refractivity contribution in [2.24, 2.45) is 5.73 Å². The number of sulfonamides is 1. The summed E-state index contributed by atoms with van der Waals surface area (Å²) in [7, 11) is -3.66. The Labute approximate surface area is 110 Å². The van der Waals surface area contributed by atoms with Crippen LogP contribution in [0.3, 0.4) is 0 Å². The number of thiocarbonyl (C=S) groups is 1. The first-order valence-electron chi connectivity index (χ1n) is 4.79. The van der Waals surface area contributed by atoms with Crippen LogP contribution in [0.25, 0.3) is 0 Å². The van der Waals surface area contributed by atoms with Gasteiger partial charge in [0.2, 0.25) is 10.0 Å². The van der Waals surface area contributed by atoms with Crippen LogP contribution < -0.4 is 10.5 Å². The third-order valence-electron chi connectivity index (χ3n) is 2.04. The minimum absolute atomic E-state index is 0.0611. The highest BCUT2D eigenvalue weighted by atomic mass is 35.5. The maximum atomic E-state index is 11.9. The van der Waals surface area contributed by atoms with Crippen LogP contribution in [-0.2, 0) is 10.0 Å². The Morgan fingerprint density at radius 1 is 1.65 bits per heavy atom. The van der Waals surface area contributed by atoms with Gasteiger partial charge in [0.15, 0.2) is 0 Å². The normalized spacial score (nSPS) is 13.1. The lowest BCUT2D eigenvalue weighted by Crippen LogP contribution is -2.37. The van der Waals surface area contributed by atoms with E-state index in [1.54, 1.807) is 6.92 Å². The van der Waals surface area contributed by atoms with Crippen molar-refractivity contribution in [1.82, 2.24) is 4.98 Å². The van der Waals surface area contributed by atoms with Gasteiger partial charge in [-0.2, -0.15) is 0 Å². The van der Waals surface area contributed by atoms with E-state index in [1.807, 2.05) is 0 Å². The third kappa shape index (κ3) is 3.79. The average molecular weight is 294 g/mol. The average Bonchev–Trinajstić information content (AvgIpc) is 2.21. The number of nitrogens with zero attached hydrogens (tertiary/aromatic N) is 1. The van der Waals surface area contributed by atoms with E-state index in [2.05, 4.69) is 9.71 Å². The van der Waals surface area contributed by atoms with E-state index < -0.39 is 15.3 Å². The van der Waals surface area contributed by atoms with E-state index in [4.69, 9.17) is 29.6 Å². The molecule has 17 heavy (non-hydrogen) atoms. The van der Waals surface area contributed by atoms with Crippen LogP contribution in [0, 0.1) is 0 Å². The van der Waals surface area contributed by atoms with Crippen LogP contribution in [0.4, 0.5) is 5.82 Å². The first-order valence-corrected chi connectivity index (χ1v) is 7.12. The molecule has 0 aliphatic heterocycles. The molecular formula is C9H12ClN3O2S2. The number of rotatable bonds is 5. The molecular weight excluding hydrogens is 282 g/mol. The highest BCUT2D eigenvalue weighted by Crippen LogP contribution is 2.14. The fraction of sp³-hybridized carbons (Fsp3) is 0.333. The summed E-state index contributed by atoms with van der Waals surface area (Å²) < 4.78 is 26.1. The molecule has 5 nitrogen and oxygen atoms in total. The van der Waals surface area contributed by atoms with E-state index in [9.17, 15) is 8.42 Å². The van der Waals surface area contributed by atoms with Crippen molar-refractivity contribution in [1.29, 1.82) is 0 Å². The zero-order valence-corrected chi connectivity index (χ0v) is 11.4. The largest absolute Gasteiger partial charge is 0.392 e. The zero-order chi connectivity index (χ0) is 13.1. The molecule has 0 aliphatic rings. The third-order valence-corrected chi connectivity index (χ3v) is 4.52. The van der Waals surface area contributed by atoms with Crippen molar-refractivity contribution >= 4 is 44.6 Å². The Balaban J connectivity index is 2.93. The molecule has 1 aromatic rings. The van der Waals surface area contributed by atoms with Gasteiger partial charge in [-0.15, -0.1) is 0 Å². The predicted octanol–water partition coefficient (Wildman–Crippen LogP) is 1.54. The molecule has 8 heteroatoms. The Morgan fingerprint density at radius 3 is 2.71 bits per heavy atom. The van der Waals surface area contributed by atoms with Crippen LogP contribution >= 0.6 is 23.8 Å². The molecule has 1 heterocycles. The molecule has 0 aromatic carbocycles. The number of nitrogens with one attached hydrogen (secondary N) is 1. The minimum Gasteiger partial charge on any atom is -0.392 e. The molecule has 1 aromatic heterocycles. The molecule has 0 aliphatic carbocycles. The Hall–Kier alpha value is -0.920. The molecule has 0 radical (unpaired) electrons. The van der Waals surface area contributed by atoms with Crippen molar-refractivity contribution in [3.05, 3.63) is 23.4 Å². The van der Waals surface area contributed by atoms with Crippen molar-refractivity contribution < 1.29 is 8.42 Å². The molecule has 94 valence electrons. The molecule has 1 unspecified atom stereocenters. The lowest BCUT2D eigenvalue weighted by molar-refractivity contribution is 0.594. The van der Waals surface area contributed by atoms with Crippen LogP contribution in [0.1, 0.15) is 13.3 Å². The minimum atomic E-state index is -3.66. The van der Waals surface area contributed by atoms with Gasteiger partial charge < -0.3 is 5.73 Å². The topological polar surface area (TPSA) is 85.1 Å². The summed E-state index contributed by atoms with van der Waals surface area (Å²) in [5.74, 6) is 0.184. The second-order valence-electron chi connectivity index (χ2n) is 3.31. The number of aromatic nitrogens is 1. The van der Waals surface area contributed by atoms with Crippen LogP contribution in [0.2, 0.25) is 5.02 Å². The highest BCUT2D eigenvalue weighted by Gasteiger charge is 2.26. The van der Waals surface area contributed by atoms with Crippen LogP contribution in [-0.4, -0.2) is 23.6 Å². The fourth-order valence-corrected chi connectivity index (χ4v) is 3.18. The standard InChI is InChI=1S/C9H12ClN3O2S2/c1-2-7(9(11)16)17(14,15)13-8-4-3-6(10)5-12-8/h3-5,7H,2H2,1H3,(H2,11,16)(H,12,13). The van der Waals surface area contributed by atoms with Gasteiger partial charge in [0, 0.05) is 6.20 Å².